The summed E-state index contributed by atoms with van der Waals surface area (Å²) in [5, 5.41) is 2.97. The van der Waals surface area contributed by atoms with Gasteiger partial charge in [-0.25, -0.2) is 4.79 Å². The van der Waals surface area contributed by atoms with Gasteiger partial charge in [-0.15, -0.1) is 0 Å². The highest BCUT2D eigenvalue weighted by atomic mass is 32.1. The van der Waals surface area contributed by atoms with Gasteiger partial charge in [-0.2, -0.15) is 0 Å². The molecule has 1 aliphatic heterocycles. The van der Waals surface area contributed by atoms with E-state index in [0.717, 1.165) is 23.2 Å². The zero-order valence-electron chi connectivity index (χ0n) is 11.3. The van der Waals surface area contributed by atoms with Crippen molar-refractivity contribution in [1.29, 1.82) is 0 Å². The zero-order valence-corrected chi connectivity index (χ0v) is 12.1. The molecular weight excluding hydrogens is 290 g/mol. The minimum atomic E-state index is -0.394. The third-order valence-corrected chi connectivity index (χ3v) is 3.84. The van der Waals surface area contributed by atoms with Gasteiger partial charge in [0.1, 0.15) is 6.10 Å². The Hall–Kier alpha value is -2.15. The topological polar surface area (TPSA) is 84.7 Å². The van der Waals surface area contributed by atoms with Gasteiger partial charge >= 0.3 is 6.09 Å². The lowest BCUT2D eigenvalue weighted by molar-refractivity contribution is 0.0994. The number of aryl methyl sites for hydroxylation is 1. The molecule has 7 heteroatoms. The van der Waals surface area contributed by atoms with Gasteiger partial charge in [0, 0.05) is 17.7 Å². The van der Waals surface area contributed by atoms with Gasteiger partial charge in [-0.3, -0.25) is 9.69 Å². The number of carbonyl (C=O) groups excluding carboxylic acids is 2. The largest absolute Gasteiger partial charge is 0.442 e. The molecule has 0 aromatic heterocycles. The van der Waals surface area contributed by atoms with Gasteiger partial charge in [0.2, 0.25) is 0 Å². The molecular formula is C14H15N3O3S. The van der Waals surface area contributed by atoms with Crippen molar-refractivity contribution < 1.29 is 14.3 Å². The molecule has 3 N–H and O–H groups in total. The van der Waals surface area contributed by atoms with E-state index >= 15 is 0 Å². The van der Waals surface area contributed by atoms with E-state index in [1.165, 1.54) is 0 Å². The summed E-state index contributed by atoms with van der Waals surface area (Å²) in [5.41, 5.74) is 7.87. The summed E-state index contributed by atoms with van der Waals surface area (Å²) in [6.45, 7) is 0.822. The molecule has 1 amide bonds. The lowest BCUT2D eigenvalue weighted by Gasteiger charge is -2.14. The molecule has 1 aromatic rings. The highest BCUT2D eigenvalue weighted by Crippen LogP contribution is 2.29. The lowest BCUT2D eigenvalue weighted by atomic mass is 10.1. The van der Waals surface area contributed by atoms with Crippen LogP contribution in [0.5, 0.6) is 0 Å². The maximum atomic E-state index is 11.9. The van der Waals surface area contributed by atoms with Crippen molar-refractivity contribution >= 4 is 34.9 Å². The van der Waals surface area contributed by atoms with Crippen molar-refractivity contribution in [2.45, 2.75) is 18.9 Å². The van der Waals surface area contributed by atoms with Gasteiger partial charge in [0.25, 0.3) is 0 Å². The molecule has 1 saturated heterocycles. The second kappa shape index (κ2) is 5.33. The Bertz CT molecular complexity index is 632. The normalized spacial score (nSPS) is 20.4. The summed E-state index contributed by atoms with van der Waals surface area (Å²) in [5.74, 6) is 0.166. The number of ether oxygens (including phenoxy) is 1. The van der Waals surface area contributed by atoms with E-state index in [1.807, 2.05) is 6.07 Å². The molecule has 0 saturated carbocycles. The number of hydrogen-bond donors (Lipinski definition) is 2. The first-order chi connectivity index (χ1) is 10.0. The molecule has 3 rings (SSSR count). The summed E-state index contributed by atoms with van der Waals surface area (Å²) in [4.78, 5) is 25.1. The summed E-state index contributed by atoms with van der Waals surface area (Å²) >= 11 is 4.73. The van der Waals surface area contributed by atoms with E-state index in [1.54, 1.807) is 17.0 Å². The third-order valence-electron chi connectivity index (χ3n) is 3.70. The van der Waals surface area contributed by atoms with E-state index in [0.29, 0.717) is 19.5 Å². The van der Waals surface area contributed by atoms with Gasteiger partial charge in [-0.05, 0) is 42.4 Å². The Kier molecular flexibility index (Phi) is 3.50. The molecule has 1 heterocycles. The van der Waals surface area contributed by atoms with Crippen LogP contribution in [0.4, 0.5) is 10.5 Å². The van der Waals surface area contributed by atoms with Gasteiger partial charge < -0.3 is 15.8 Å². The Balaban J connectivity index is 1.74. The predicted octanol–water partition coefficient (Wildman–Crippen LogP) is 0.974. The van der Waals surface area contributed by atoms with E-state index in [4.69, 9.17) is 22.7 Å². The van der Waals surface area contributed by atoms with Crippen LogP contribution < -0.4 is 16.0 Å². The van der Waals surface area contributed by atoms with Crippen LogP contribution in [-0.4, -0.2) is 36.2 Å². The summed E-state index contributed by atoms with van der Waals surface area (Å²) < 4.78 is 5.26. The molecule has 0 spiro atoms. The molecule has 6 nitrogen and oxygen atoms in total. The molecule has 1 atom stereocenters. The number of carbonyl (C=O) groups is 2. The maximum absolute atomic E-state index is 11.9. The van der Waals surface area contributed by atoms with Crippen LogP contribution in [-0.2, 0) is 11.2 Å². The van der Waals surface area contributed by atoms with Crippen molar-refractivity contribution in [1.82, 2.24) is 5.32 Å². The number of benzene rings is 1. The number of nitrogens with one attached hydrogen (secondary N) is 1. The standard InChI is InChI=1S/C14H15N3O3S/c15-13(21)16-6-10-7-17(14(19)20-10)9-2-3-11-8(5-9)1-4-12(11)18/h2-3,5,10H,1,4,6-7H2,(H3,15,16,21)/t10-/m0/s1. The fraction of sp³-hybridized carbons (Fsp3) is 0.357. The number of cyclic esters (lactones) is 1. The van der Waals surface area contributed by atoms with Crippen molar-refractivity contribution in [3.05, 3.63) is 29.3 Å². The number of ketones is 1. The number of amides is 1. The minimum Gasteiger partial charge on any atom is -0.442 e. The van der Waals surface area contributed by atoms with E-state index < -0.39 is 6.09 Å². The molecule has 1 aliphatic carbocycles. The monoisotopic (exact) mass is 305 g/mol. The first-order valence-corrected chi connectivity index (χ1v) is 7.13. The van der Waals surface area contributed by atoms with Crippen molar-refractivity contribution in [2.75, 3.05) is 18.0 Å². The molecule has 0 radical (unpaired) electrons. The van der Waals surface area contributed by atoms with Crippen LogP contribution in [0.3, 0.4) is 0 Å². The van der Waals surface area contributed by atoms with Gasteiger partial charge in [0.15, 0.2) is 10.9 Å². The average Bonchev–Trinajstić information content (AvgIpc) is 3.00. The van der Waals surface area contributed by atoms with Crippen LogP contribution in [0.15, 0.2) is 18.2 Å². The number of nitrogens with zero attached hydrogens (tertiary/aromatic N) is 1. The second-order valence-corrected chi connectivity index (χ2v) is 5.57. The summed E-state index contributed by atoms with van der Waals surface area (Å²) in [6, 6.07) is 5.46. The van der Waals surface area contributed by atoms with Crippen LogP contribution >= 0.6 is 12.2 Å². The highest BCUT2D eigenvalue weighted by molar-refractivity contribution is 7.80. The number of rotatable bonds is 3. The van der Waals surface area contributed by atoms with E-state index in [9.17, 15) is 9.59 Å². The Morgan fingerprint density at radius 2 is 2.24 bits per heavy atom. The zero-order chi connectivity index (χ0) is 15.0. The maximum Gasteiger partial charge on any atom is 0.414 e. The molecule has 0 bridgehead atoms. The molecule has 2 aliphatic rings. The molecule has 21 heavy (non-hydrogen) atoms. The SMILES string of the molecule is NC(=S)NC[C@H]1CN(c2ccc3c(c2)CCC3=O)C(=O)O1. The minimum absolute atomic E-state index is 0.166. The number of anilines is 1. The fourth-order valence-electron chi connectivity index (χ4n) is 2.66. The molecule has 1 aromatic carbocycles. The van der Waals surface area contributed by atoms with E-state index in [2.05, 4.69) is 5.32 Å². The number of nitrogens with two attached hydrogens (primary N) is 1. The summed E-state index contributed by atoms with van der Waals surface area (Å²) in [6.07, 6.45) is 0.587. The average molecular weight is 305 g/mol. The number of Topliss-reactive ketones (excluding diaryl/α,β-unsaturated/α-hetero) is 1. The predicted molar refractivity (Wildman–Crippen MR) is 81.5 cm³/mol. The van der Waals surface area contributed by atoms with Crippen molar-refractivity contribution in [3.63, 3.8) is 0 Å². The van der Waals surface area contributed by atoms with Crippen LogP contribution in [0.25, 0.3) is 0 Å². The Morgan fingerprint density at radius 3 is 3.00 bits per heavy atom. The Morgan fingerprint density at radius 1 is 1.43 bits per heavy atom. The van der Waals surface area contributed by atoms with Gasteiger partial charge in [0.05, 0.1) is 13.1 Å². The van der Waals surface area contributed by atoms with Crippen LogP contribution in [0.1, 0.15) is 22.3 Å². The first kappa shape index (κ1) is 13.8. The number of hydrogen-bond acceptors (Lipinski definition) is 4. The van der Waals surface area contributed by atoms with E-state index in [-0.39, 0.29) is 17.0 Å². The fourth-order valence-corrected chi connectivity index (χ4v) is 2.75. The molecule has 110 valence electrons. The first-order valence-electron chi connectivity index (χ1n) is 6.72. The lowest BCUT2D eigenvalue weighted by Crippen LogP contribution is -2.37. The molecule has 0 unspecified atom stereocenters. The van der Waals surface area contributed by atoms with Crippen molar-refractivity contribution in [3.8, 4) is 0 Å². The third kappa shape index (κ3) is 2.69. The number of fused-ring (bicyclic) bond motifs is 1. The van der Waals surface area contributed by atoms with Gasteiger partial charge in [-0.1, -0.05) is 0 Å². The summed E-state index contributed by atoms with van der Waals surface area (Å²) in [7, 11) is 0. The van der Waals surface area contributed by atoms with Crippen LogP contribution in [0, 0.1) is 0 Å². The second-order valence-electron chi connectivity index (χ2n) is 5.13. The highest BCUT2D eigenvalue weighted by Gasteiger charge is 2.33. The van der Waals surface area contributed by atoms with Crippen molar-refractivity contribution in [2.24, 2.45) is 5.73 Å². The molecule has 1 fully saturated rings. The smallest absolute Gasteiger partial charge is 0.414 e. The van der Waals surface area contributed by atoms with Crippen LogP contribution in [0.2, 0.25) is 0 Å². The quantitative estimate of drug-likeness (QED) is 0.810. The Labute approximate surface area is 127 Å². The number of thiocarbonyl (C=S) groups is 1.